The Kier molecular flexibility index (Phi) is 6.13. The maximum Gasteiger partial charge on any atom is 0.243 e. The fourth-order valence-electron chi connectivity index (χ4n) is 2.36. The summed E-state index contributed by atoms with van der Waals surface area (Å²) < 4.78 is 30.4. The monoisotopic (exact) mass is 366 g/mol. The molecule has 0 spiro atoms. The highest BCUT2D eigenvalue weighted by molar-refractivity contribution is 7.92. The number of rotatable bonds is 8. The highest BCUT2D eigenvalue weighted by Gasteiger charge is 2.28. The van der Waals surface area contributed by atoms with Crippen LogP contribution in [0.1, 0.15) is 25.6 Å². The van der Waals surface area contributed by atoms with Crippen LogP contribution in [0, 0.1) is 0 Å². The van der Waals surface area contributed by atoms with Crippen LogP contribution in [-0.4, -0.2) is 43.3 Å². The normalized spacial score (nSPS) is 12.6. The maximum atomic E-state index is 12.4. The number of aromatic nitrogens is 2. The fraction of sp³-hybridized carbons (Fsp3) is 0.438. The molecular formula is C16H22N4O4S. The Morgan fingerprint density at radius 2 is 2.00 bits per heavy atom. The van der Waals surface area contributed by atoms with Gasteiger partial charge in [-0.2, -0.15) is 4.98 Å². The molecule has 0 aliphatic rings. The number of para-hydroxylation sites is 1. The lowest BCUT2D eigenvalue weighted by Gasteiger charge is -2.28. The van der Waals surface area contributed by atoms with Crippen LogP contribution in [0.4, 0.5) is 5.69 Å². The summed E-state index contributed by atoms with van der Waals surface area (Å²) >= 11 is 0. The molecule has 0 fully saturated rings. The van der Waals surface area contributed by atoms with Crippen LogP contribution in [0.3, 0.4) is 0 Å². The zero-order valence-corrected chi connectivity index (χ0v) is 15.3. The number of nitrogens with zero attached hydrogens (tertiary/aromatic N) is 3. The Labute approximate surface area is 147 Å². The number of hydrogen-bond acceptors (Lipinski definition) is 6. The summed E-state index contributed by atoms with van der Waals surface area (Å²) in [6.07, 6.45) is 2.14. The Balaban J connectivity index is 2.01. The summed E-state index contributed by atoms with van der Waals surface area (Å²) in [5, 5.41) is 6.49. The summed E-state index contributed by atoms with van der Waals surface area (Å²) in [7, 11) is -3.61. The third-order valence-electron chi connectivity index (χ3n) is 3.56. The minimum absolute atomic E-state index is 0.279. The van der Waals surface area contributed by atoms with Gasteiger partial charge in [-0.25, -0.2) is 8.42 Å². The first-order valence-corrected chi connectivity index (χ1v) is 9.81. The number of carbonyl (C=O) groups excluding carboxylic acids is 1. The molecule has 2 aromatic rings. The summed E-state index contributed by atoms with van der Waals surface area (Å²) in [6.45, 7) is 3.74. The van der Waals surface area contributed by atoms with E-state index in [2.05, 4.69) is 15.5 Å². The molecule has 1 aromatic heterocycles. The third-order valence-corrected chi connectivity index (χ3v) is 4.81. The number of sulfonamides is 1. The van der Waals surface area contributed by atoms with Crippen LogP contribution in [-0.2, 0) is 27.7 Å². The van der Waals surface area contributed by atoms with Crippen molar-refractivity contribution in [2.24, 2.45) is 0 Å². The van der Waals surface area contributed by atoms with Crippen LogP contribution >= 0.6 is 0 Å². The van der Waals surface area contributed by atoms with Gasteiger partial charge >= 0.3 is 0 Å². The van der Waals surface area contributed by atoms with Crippen LogP contribution in [0.15, 0.2) is 34.9 Å². The summed E-state index contributed by atoms with van der Waals surface area (Å²) in [5.74, 6) is 0.652. The molecule has 1 aromatic carbocycles. The van der Waals surface area contributed by atoms with E-state index in [0.717, 1.165) is 10.6 Å². The molecule has 0 saturated carbocycles. The highest BCUT2D eigenvalue weighted by atomic mass is 32.2. The second-order valence-electron chi connectivity index (χ2n) is 5.57. The first-order chi connectivity index (χ1) is 11.8. The van der Waals surface area contributed by atoms with E-state index in [1.807, 2.05) is 6.92 Å². The van der Waals surface area contributed by atoms with Crippen molar-refractivity contribution in [2.75, 3.05) is 17.1 Å². The van der Waals surface area contributed by atoms with Gasteiger partial charge in [-0.3, -0.25) is 9.10 Å². The van der Waals surface area contributed by atoms with E-state index in [0.29, 0.717) is 30.2 Å². The third kappa shape index (κ3) is 5.02. The average Bonchev–Trinajstić information content (AvgIpc) is 3.02. The lowest BCUT2D eigenvalue weighted by Crippen LogP contribution is -2.48. The van der Waals surface area contributed by atoms with Crippen LogP contribution in [0.5, 0.6) is 0 Å². The fourth-order valence-corrected chi connectivity index (χ4v) is 3.53. The number of anilines is 1. The summed E-state index contributed by atoms with van der Waals surface area (Å²) in [5.41, 5.74) is 0.442. The Hall–Kier alpha value is -2.42. The predicted molar refractivity (Wildman–Crippen MR) is 93.6 cm³/mol. The zero-order valence-electron chi connectivity index (χ0n) is 14.5. The lowest BCUT2D eigenvalue weighted by molar-refractivity contribution is -0.121. The zero-order chi connectivity index (χ0) is 18.4. The first kappa shape index (κ1) is 18.9. The van der Waals surface area contributed by atoms with E-state index in [-0.39, 0.29) is 6.54 Å². The van der Waals surface area contributed by atoms with Crippen LogP contribution < -0.4 is 9.62 Å². The molecule has 0 radical (unpaired) electrons. The number of hydrogen-bond donors (Lipinski definition) is 1. The first-order valence-electron chi connectivity index (χ1n) is 7.96. The van der Waals surface area contributed by atoms with Gasteiger partial charge in [0.1, 0.15) is 6.04 Å². The van der Waals surface area contributed by atoms with Gasteiger partial charge in [0.05, 0.1) is 11.9 Å². The molecule has 9 heteroatoms. The van der Waals surface area contributed by atoms with Gasteiger partial charge in [0.15, 0.2) is 5.82 Å². The van der Waals surface area contributed by atoms with E-state index in [1.54, 1.807) is 37.3 Å². The molecule has 8 nitrogen and oxygen atoms in total. The van der Waals surface area contributed by atoms with Crippen molar-refractivity contribution in [3.8, 4) is 0 Å². The number of benzene rings is 1. The molecule has 136 valence electrons. The molecule has 0 aliphatic carbocycles. The molecular weight excluding hydrogens is 344 g/mol. The maximum absolute atomic E-state index is 12.4. The predicted octanol–water partition coefficient (Wildman–Crippen LogP) is 1.15. The van der Waals surface area contributed by atoms with Gasteiger partial charge in [0, 0.05) is 19.4 Å². The molecule has 0 unspecified atom stereocenters. The number of carbonyl (C=O) groups is 1. The standard InChI is InChI=1S/C16H22N4O4S/c1-4-14-18-15(24-19-14)10-11-17-16(21)12(2)20(25(3,22)23)13-8-6-5-7-9-13/h5-9,12H,4,10-11H2,1-3H3,(H,17,21)/t12-/m0/s1. The Morgan fingerprint density at radius 3 is 2.56 bits per heavy atom. The van der Waals surface area contributed by atoms with E-state index in [9.17, 15) is 13.2 Å². The SMILES string of the molecule is CCc1noc(CCNC(=O)[C@H](C)N(c2ccccc2)S(C)(=O)=O)n1. The lowest BCUT2D eigenvalue weighted by atomic mass is 10.2. The summed E-state index contributed by atoms with van der Waals surface area (Å²) in [6, 6.07) is 7.64. The van der Waals surface area contributed by atoms with Gasteiger partial charge in [0.2, 0.25) is 21.8 Å². The van der Waals surface area contributed by atoms with Crippen molar-refractivity contribution >= 4 is 21.6 Å². The molecule has 0 bridgehead atoms. The molecule has 0 aliphatic heterocycles. The quantitative estimate of drug-likeness (QED) is 0.751. The average molecular weight is 366 g/mol. The Bertz CT molecular complexity index is 805. The van der Waals surface area contributed by atoms with Gasteiger partial charge in [-0.1, -0.05) is 30.3 Å². The Morgan fingerprint density at radius 1 is 1.32 bits per heavy atom. The van der Waals surface area contributed by atoms with Crippen molar-refractivity contribution in [1.82, 2.24) is 15.5 Å². The minimum Gasteiger partial charge on any atom is -0.354 e. The van der Waals surface area contributed by atoms with Crippen molar-refractivity contribution < 1.29 is 17.7 Å². The molecule has 1 heterocycles. The van der Waals surface area contributed by atoms with Gasteiger partial charge < -0.3 is 9.84 Å². The molecule has 25 heavy (non-hydrogen) atoms. The molecule has 1 N–H and O–H groups in total. The van der Waals surface area contributed by atoms with E-state index >= 15 is 0 Å². The minimum atomic E-state index is -3.61. The largest absolute Gasteiger partial charge is 0.354 e. The number of aryl methyl sites for hydroxylation is 1. The second-order valence-corrected chi connectivity index (χ2v) is 7.43. The highest BCUT2D eigenvalue weighted by Crippen LogP contribution is 2.20. The summed E-state index contributed by atoms with van der Waals surface area (Å²) in [4.78, 5) is 16.5. The van der Waals surface area contributed by atoms with Crippen LogP contribution in [0.2, 0.25) is 0 Å². The molecule has 1 atom stereocenters. The van der Waals surface area contributed by atoms with Crippen molar-refractivity contribution in [2.45, 2.75) is 32.7 Å². The van der Waals surface area contributed by atoms with Gasteiger partial charge in [-0.05, 0) is 19.1 Å². The smallest absolute Gasteiger partial charge is 0.243 e. The van der Waals surface area contributed by atoms with Crippen molar-refractivity contribution in [3.63, 3.8) is 0 Å². The van der Waals surface area contributed by atoms with Crippen molar-refractivity contribution in [1.29, 1.82) is 0 Å². The number of amides is 1. The second kappa shape index (κ2) is 8.11. The van der Waals surface area contributed by atoms with E-state index < -0.39 is 22.0 Å². The van der Waals surface area contributed by atoms with E-state index in [1.165, 1.54) is 0 Å². The topological polar surface area (TPSA) is 105 Å². The molecule has 0 saturated heterocycles. The number of nitrogens with one attached hydrogen (secondary N) is 1. The van der Waals surface area contributed by atoms with E-state index in [4.69, 9.17) is 4.52 Å². The van der Waals surface area contributed by atoms with Crippen molar-refractivity contribution in [3.05, 3.63) is 42.0 Å². The molecule has 1 amide bonds. The van der Waals surface area contributed by atoms with Gasteiger partial charge in [0.25, 0.3) is 0 Å². The van der Waals surface area contributed by atoms with Crippen LogP contribution in [0.25, 0.3) is 0 Å². The van der Waals surface area contributed by atoms with Gasteiger partial charge in [-0.15, -0.1) is 0 Å². The molecule has 2 rings (SSSR count).